The molecule has 1 aromatic heterocycles. The number of aromatic nitrogens is 1. The van der Waals surface area contributed by atoms with Gasteiger partial charge in [0.25, 0.3) is 11.8 Å². The number of rotatable bonds is 2. The van der Waals surface area contributed by atoms with Gasteiger partial charge in [0.2, 0.25) is 0 Å². The summed E-state index contributed by atoms with van der Waals surface area (Å²) in [5, 5.41) is 0.717. The van der Waals surface area contributed by atoms with Crippen LogP contribution in [0.1, 0.15) is 32.0 Å². The Kier molecular flexibility index (Phi) is 3.01. The summed E-state index contributed by atoms with van der Waals surface area (Å²) in [6, 6.07) is 8.75. The molecular weight excluding hydrogens is 300 g/mol. The van der Waals surface area contributed by atoms with Gasteiger partial charge in [-0.2, -0.15) is 0 Å². The van der Waals surface area contributed by atoms with Gasteiger partial charge in [-0.25, -0.2) is 0 Å². The Labute approximate surface area is 132 Å². The molecular formula is C17H13ClN2O2. The molecule has 0 spiro atoms. The van der Waals surface area contributed by atoms with Crippen LogP contribution in [0.15, 0.2) is 36.5 Å². The number of carbonyl (C=O) groups is 2. The molecule has 22 heavy (non-hydrogen) atoms. The van der Waals surface area contributed by atoms with Crippen molar-refractivity contribution in [2.75, 3.05) is 6.54 Å². The van der Waals surface area contributed by atoms with Gasteiger partial charge in [-0.1, -0.05) is 23.7 Å². The highest BCUT2D eigenvalue weighted by molar-refractivity contribution is 6.31. The van der Waals surface area contributed by atoms with Crippen LogP contribution in [0.4, 0.5) is 0 Å². The minimum atomic E-state index is -0.199. The summed E-state index contributed by atoms with van der Waals surface area (Å²) < 4.78 is 0. The Morgan fingerprint density at radius 3 is 2.41 bits per heavy atom. The molecule has 2 heterocycles. The Morgan fingerprint density at radius 1 is 1.09 bits per heavy atom. The van der Waals surface area contributed by atoms with Crippen molar-refractivity contribution >= 4 is 23.4 Å². The number of hydrogen-bond acceptors (Lipinski definition) is 3. The zero-order valence-electron chi connectivity index (χ0n) is 11.8. The third kappa shape index (κ3) is 1.95. The van der Waals surface area contributed by atoms with E-state index in [9.17, 15) is 9.59 Å². The second-order valence-electron chi connectivity index (χ2n) is 5.76. The van der Waals surface area contributed by atoms with Gasteiger partial charge in [0.05, 0.1) is 11.1 Å². The van der Waals surface area contributed by atoms with Gasteiger partial charge in [0.15, 0.2) is 0 Å². The molecule has 0 fully saturated rings. The summed E-state index contributed by atoms with van der Waals surface area (Å²) in [4.78, 5) is 30.5. The summed E-state index contributed by atoms with van der Waals surface area (Å²) >= 11 is 6.19. The molecule has 110 valence electrons. The summed E-state index contributed by atoms with van der Waals surface area (Å²) in [6.07, 6.45) is 3.21. The van der Waals surface area contributed by atoms with Gasteiger partial charge >= 0.3 is 0 Å². The number of carbonyl (C=O) groups excluding carboxylic acids is 2. The standard InChI is InChI=1S/C17H13ClN2O2/c18-14-5-6-19-15-8-10(7-13(14)15)9-20-16(21)11-3-1-2-4-12(11)17(20)22/h1-6,10H,7-9H2. The lowest BCUT2D eigenvalue weighted by atomic mass is 10.1. The predicted octanol–water partition coefficient (Wildman–Crippen LogP) is 2.75. The largest absolute Gasteiger partial charge is 0.274 e. The first-order valence-corrected chi connectivity index (χ1v) is 7.60. The molecule has 0 radical (unpaired) electrons. The van der Waals surface area contributed by atoms with Crippen molar-refractivity contribution in [3.8, 4) is 0 Å². The molecule has 0 saturated carbocycles. The van der Waals surface area contributed by atoms with Gasteiger partial charge in [-0.05, 0) is 42.5 Å². The number of nitrogens with zero attached hydrogens (tertiary/aromatic N) is 2. The van der Waals surface area contributed by atoms with Crippen molar-refractivity contribution < 1.29 is 9.59 Å². The van der Waals surface area contributed by atoms with Crippen LogP contribution >= 0.6 is 11.6 Å². The third-order valence-corrected chi connectivity index (χ3v) is 4.74. The Morgan fingerprint density at radius 2 is 1.77 bits per heavy atom. The number of halogens is 1. The van der Waals surface area contributed by atoms with Crippen molar-refractivity contribution in [2.45, 2.75) is 12.8 Å². The van der Waals surface area contributed by atoms with E-state index < -0.39 is 0 Å². The number of imide groups is 1. The highest BCUT2D eigenvalue weighted by Crippen LogP contribution is 2.32. The molecule has 2 aliphatic rings. The van der Waals surface area contributed by atoms with E-state index in [4.69, 9.17) is 11.6 Å². The van der Waals surface area contributed by atoms with Gasteiger partial charge in [-0.3, -0.25) is 19.5 Å². The lowest BCUT2D eigenvalue weighted by Crippen LogP contribution is -2.34. The molecule has 1 aliphatic heterocycles. The molecule has 4 rings (SSSR count). The van der Waals surface area contributed by atoms with Crippen molar-refractivity contribution in [2.24, 2.45) is 5.92 Å². The molecule has 2 aromatic rings. The quantitative estimate of drug-likeness (QED) is 0.801. The minimum absolute atomic E-state index is 0.185. The first kappa shape index (κ1) is 13.5. The highest BCUT2D eigenvalue weighted by atomic mass is 35.5. The van der Waals surface area contributed by atoms with E-state index >= 15 is 0 Å². The number of hydrogen-bond donors (Lipinski definition) is 0. The first-order valence-electron chi connectivity index (χ1n) is 7.22. The van der Waals surface area contributed by atoms with E-state index in [2.05, 4.69) is 4.98 Å². The Balaban J connectivity index is 1.56. The SMILES string of the molecule is O=C1c2ccccc2C(=O)N1CC1Cc2nccc(Cl)c2C1. The Bertz CT molecular complexity index is 768. The van der Waals surface area contributed by atoms with Gasteiger partial charge in [0.1, 0.15) is 0 Å². The van der Waals surface area contributed by atoms with Crippen LogP contribution in [-0.4, -0.2) is 28.2 Å². The molecule has 5 heteroatoms. The maximum absolute atomic E-state index is 12.4. The lowest BCUT2D eigenvalue weighted by Gasteiger charge is -2.18. The molecule has 0 saturated heterocycles. The van der Waals surface area contributed by atoms with Crippen LogP contribution in [0.5, 0.6) is 0 Å². The molecule has 0 bridgehead atoms. The molecule has 0 N–H and O–H groups in total. The van der Waals surface area contributed by atoms with Crippen molar-refractivity contribution in [3.63, 3.8) is 0 Å². The van der Waals surface area contributed by atoms with Gasteiger partial charge < -0.3 is 0 Å². The van der Waals surface area contributed by atoms with E-state index in [-0.39, 0.29) is 17.7 Å². The smallest absolute Gasteiger partial charge is 0.261 e. The lowest BCUT2D eigenvalue weighted by molar-refractivity contribution is 0.0630. The molecule has 1 unspecified atom stereocenters. The maximum Gasteiger partial charge on any atom is 0.261 e. The topological polar surface area (TPSA) is 50.3 Å². The van der Waals surface area contributed by atoms with Crippen LogP contribution in [0.2, 0.25) is 5.02 Å². The summed E-state index contributed by atoms with van der Waals surface area (Å²) in [7, 11) is 0. The summed E-state index contributed by atoms with van der Waals surface area (Å²) in [5.41, 5.74) is 3.03. The number of amides is 2. The Hall–Kier alpha value is -2.20. The van der Waals surface area contributed by atoms with Crippen molar-refractivity contribution in [3.05, 3.63) is 63.9 Å². The first-order chi connectivity index (χ1) is 10.6. The van der Waals surface area contributed by atoms with Crippen LogP contribution < -0.4 is 0 Å². The molecule has 1 atom stereocenters. The molecule has 4 nitrogen and oxygen atoms in total. The van der Waals surface area contributed by atoms with Crippen molar-refractivity contribution in [1.29, 1.82) is 0 Å². The zero-order valence-corrected chi connectivity index (χ0v) is 12.5. The number of benzene rings is 1. The second kappa shape index (κ2) is 4.92. The average Bonchev–Trinajstić information content (AvgIpc) is 3.04. The number of pyridine rings is 1. The highest BCUT2D eigenvalue weighted by Gasteiger charge is 2.37. The van der Waals surface area contributed by atoms with E-state index in [0.29, 0.717) is 17.7 Å². The van der Waals surface area contributed by atoms with E-state index in [1.54, 1.807) is 36.5 Å². The van der Waals surface area contributed by atoms with Crippen molar-refractivity contribution in [1.82, 2.24) is 9.88 Å². The van der Waals surface area contributed by atoms with Gasteiger partial charge in [-0.15, -0.1) is 0 Å². The van der Waals surface area contributed by atoms with Crippen LogP contribution in [0.3, 0.4) is 0 Å². The maximum atomic E-state index is 12.4. The average molecular weight is 313 g/mol. The molecule has 1 aromatic carbocycles. The van der Waals surface area contributed by atoms with E-state index in [1.165, 1.54) is 4.90 Å². The predicted molar refractivity (Wildman–Crippen MR) is 82.0 cm³/mol. The fourth-order valence-corrected chi connectivity index (χ4v) is 3.57. The van der Waals surface area contributed by atoms with E-state index in [0.717, 1.165) is 29.1 Å². The van der Waals surface area contributed by atoms with Crippen LogP contribution in [0.25, 0.3) is 0 Å². The molecule has 1 aliphatic carbocycles. The fraction of sp³-hybridized carbons (Fsp3) is 0.235. The number of fused-ring (bicyclic) bond motifs is 2. The zero-order chi connectivity index (χ0) is 15.3. The second-order valence-corrected chi connectivity index (χ2v) is 6.17. The minimum Gasteiger partial charge on any atom is -0.274 e. The van der Waals surface area contributed by atoms with E-state index in [1.807, 2.05) is 0 Å². The summed E-state index contributed by atoms with van der Waals surface area (Å²) in [5.74, 6) is -0.212. The van der Waals surface area contributed by atoms with Crippen LogP contribution in [0, 0.1) is 5.92 Å². The van der Waals surface area contributed by atoms with Gasteiger partial charge in [0, 0.05) is 23.5 Å². The summed E-state index contributed by atoms with van der Waals surface area (Å²) in [6.45, 7) is 0.416. The third-order valence-electron chi connectivity index (χ3n) is 4.38. The monoisotopic (exact) mass is 312 g/mol. The normalized spacial score (nSPS) is 19.5. The van der Waals surface area contributed by atoms with Crippen LogP contribution in [-0.2, 0) is 12.8 Å². The molecule has 2 amide bonds. The fourth-order valence-electron chi connectivity index (χ4n) is 3.33.